The van der Waals surface area contributed by atoms with Crippen molar-refractivity contribution in [2.75, 3.05) is 0 Å². The van der Waals surface area contributed by atoms with Crippen LogP contribution in [-0.2, 0) is 14.9 Å². The molecule has 0 aromatic carbocycles. The first-order valence-corrected chi connectivity index (χ1v) is 6.63. The number of ketones is 1. The molecule has 2 aliphatic carbocycles. The van der Waals surface area contributed by atoms with Crippen molar-refractivity contribution >= 4 is 15.9 Å². The summed E-state index contributed by atoms with van der Waals surface area (Å²) in [6, 6.07) is 0. The van der Waals surface area contributed by atoms with Gasteiger partial charge in [0.1, 0.15) is 15.4 Å². The second kappa shape index (κ2) is 2.83. The van der Waals surface area contributed by atoms with Gasteiger partial charge in [0.05, 0.1) is 0 Å². The Bertz CT molecular complexity index is 409. The molecule has 15 heavy (non-hydrogen) atoms. The molecule has 2 saturated carbocycles. The Hall–Kier alpha value is -0.420. The van der Waals surface area contributed by atoms with Crippen molar-refractivity contribution in [1.29, 1.82) is 0 Å². The molecule has 0 aliphatic heterocycles. The molecule has 0 N–H and O–H groups in total. The highest BCUT2D eigenvalue weighted by molar-refractivity contribution is 7.87. The number of hydrogen-bond acceptors (Lipinski definition) is 4. The van der Waals surface area contributed by atoms with Crippen LogP contribution in [0.3, 0.4) is 0 Å². The zero-order valence-electron chi connectivity index (χ0n) is 9.06. The van der Waals surface area contributed by atoms with Gasteiger partial charge in [0.2, 0.25) is 0 Å². The minimum atomic E-state index is -4.48. The van der Waals surface area contributed by atoms with E-state index >= 15 is 0 Å². The minimum absolute atomic E-state index is 0.174. The predicted molar refractivity (Wildman–Crippen MR) is 53.0 cm³/mol. The number of fused-ring (bicyclic) bond motifs is 2. The van der Waals surface area contributed by atoms with Crippen molar-refractivity contribution in [3.05, 3.63) is 0 Å². The van der Waals surface area contributed by atoms with Crippen molar-refractivity contribution in [2.45, 2.75) is 32.4 Å². The minimum Gasteiger partial charge on any atom is -0.747 e. The SMILES string of the molecule is C[C@@H]1[C@@H]2C[C@@H]([C@@H](S(=O)(=O)[O-])C2=O)C1(C)C. The van der Waals surface area contributed by atoms with Gasteiger partial charge < -0.3 is 4.55 Å². The maximum Gasteiger partial charge on any atom is 0.153 e. The van der Waals surface area contributed by atoms with Crippen molar-refractivity contribution in [1.82, 2.24) is 0 Å². The third-order valence-electron chi connectivity index (χ3n) is 4.56. The highest BCUT2D eigenvalue weighted by Gasteiger charge is 2.61. The fourth-order valence-corrected chi connectivity index (χ4v) is 4.59. The van der Waals surface area contributed by atoms with Crippen molar-refractivity contribution in [3.63, 3.8) is 0 Å². The molecule has 4 atom stereocenters. The van der Waals surface area contributed by atoms with Crippen molar-refractivity contribution in [3.8, 4) is 0 Å². The average molecular weight is 231 g/mol. The highest BCUT2D eigenvalue weighted by Crippen LogP contribution is 2.58. The molecule has 5 heteroatoms. The van der Waals surface area contributed by atoms with Crippen LogP contribution in [0.5, 0.6) is 0 Å². The lowest BCUT2D eigenvalue weighted by molar-refractivity contribution is -0.125. The third-order valence-corrected chi connectivity index (χ3v) is 5.75. The van der Waals surface area contributed by atoms with Crippen molar-refractivity contribution in [2.24, 2.45) is 23.2 Å². The summed E-state index contributed by atoms with van der Waals surface area (Å²) in [7, 11) is -4.48. The van der Waals surface area contributed by atoms with Gasteiger partial charge in [-0.1, -0.05) is 20.8 Å². The van der Waals surface area contributed by atoms with E-state index in [0.717, 1.165) is 0 Å². The molecule has 2 rings (SSSR count). The second-order valence-electron chi connectivity index (χ2n) is 5.37. The summed E-state index contributed by atoms with van der Waals surface area (Å²) < 4.78 is 33.2. The quantitative estimate of drug-likeness (QED) is 0.625. The number of rotatable bonds is 1. The maximum absolute atomic E-state index is 11.7. The largest absolute Gasteiger partial charge is 0.747 e. The molecule has 2 bridgehead atoms. The van der Waals surface area contributed by atoms with Crippen LogP contribution >= 0.6 is 0 Å². The number of carbonyl (C=O) groups excluding carboxylic acids is 1. The van der Waals surface area contributed by atoms with Gasteiger partial charge in [-0.2, -0.15) is 0 Å². The average Bonchev–Trinajstić information content (AvgIpc) is 2.48. The molecular formula is C10H15O4S-. The summed E-state index contributed by atoms with van der Waals surface area (Å²) in [5, 5.41) is -1.28. The van der Waals surface area contributed by atoms with Gasteiger partial charge in [0, 0.05) is 5.92 Å². The fourth-order valence-electron chi connectivity index (χ4n) is 3.27. The Labute approximate surface area is 89.8 Å². The van der Waals surface area contributed by atoms with E-state index in [4.69, 9.17) is 0 Å². The number of hydrogen-bond donors (Lipinski definition) is 0. The molecule has 0 radical (unpaired) electrons. The van der Waals surface area contributed by atoms with Crippen LogP contribution in [0.15, 0.2) is 0 Å². The first-order valence-electron chi connectivity index (χ1n) is 5.16. The molecule has 0 amide bonds. The van der Waals surface area contributed by atoms with Gasteiger partial charge in [0.15, 0.2) is 5.78 Å². The van der Waals surface area contributed by atoms with E-state index in [2.05, 4.69) is 0 Å². The normalized spacial score (nSPS) is 43.6. The third kappa shape index (κ3) is 1.29. The Morgan fingerprint density at radius 1 is 1.40 bits per heavy atom. The Kier molecular flexibility index (Phi) is 2.09. The first-order chi connectivity index (χ1) is 6.67. The summed E-state index contributed by atoms with van der Waals surface area (Å²) in [6.07, 6.45) is 0.569. The molecule has 0 heterocycles. The maximum atomic E-state index is 11.7. The zero-order valence-corrected chi connectivity index (χ0v) is 9.87. The lowest BCUT2D eigenvalue weighted by Gasteiger charge is -2.40. The van der Waals surface area contributed by atoms with E-state index in [0.29, 0.717) is 6.42 Å². The number of Topliss-reactive ketones (excluding diaryl/α,β-unsaturated/α-hetero) is 1. The van der Waals surface area contributed by atoms with Gasteiger partial charge in [-0.05, 0) is 23.7 Å². The van der Waals surface area contributed by atoms with E-state index in [-0.39, 0.29) is 29.0 Å². The summed E-state index contributed by atoms with van der Waals surface area (Å²) in [6.45, 7) is 5.87. The molecule has 0 aromatic heterocycles. The van der Waals surface area contributed by atoms with Crippen LogP contribution in [0.2, 0.25) is 0 Å². The van der Waals surface area contributed by atoms with E-state index in [9.17, 15) is 17.8 Å². The summed E-state index contributed by atoms with van der Waals surface area (Å²) in [5.41, 5.74) is -0.222. The van der Waals surface area contributed by atoms with E-state index in [1.54, 1.807) is 0 Å². The molecule has 2 fully saturated rings. The Morgan fingerprint density at radius 2 is 1.93 bits per heavy atom. The number of carbonyl (C=O) groups is 1. The van der Waals surface area contributed by atoms with Gasteiger partial charge in [-0.3, -0.25) is 4.79 Å². The monoisotopic (exact) mass is 231 g/mol. The summed E-state index contributed by atoms with van der Waals surface area (Å²) in [5.74, 6) is -0.680. The van der Waals surface area contributed by atoms with Crippen LogP contribution < -0.4 is 0 Å². The van der Waals surface area contributed by atoms with Gasteiger partial charge in [0.25, 0.3) is 0 Å². The summed E-state index contributed by atoms with van der Waals surface area (Å²) >= 11 is 0. The van der Waals surface area contributed by atoms with Crippen molar-refractivity contribution < 1.29 is 17.8 Å². The molecule has 0 spiro atoms. The zero-order chi connectivity index (χ0) is 11.6. The van der Waals surface area contributed by atoms with Gasteiger partial charge >= 0.3 is 0 Å². The molecule has 2 aliphatic rings. The van der Waals surface area contributed by atoms with Crippen LogP contribution in [0.1, 0.15) is 27.2 Å². The molecule has 0 aromatic rings. The standard InChI is InChI=1S/C10H16O4S/c1-5-6-4-7(10(5,2)3)9(8(6)11)15(12,13)14/h5-7,9H,4H2,1-3H3,(H,12,13,14)/p-1/t5-,6+,7+,9-/m1/s1. The van der Waals surface area contributed by atoms with Gasteiger partial charge in [-0.25, -0.2) is 8.42 Å². The molecule has 4 nitrogen and oxygen atoms in total. The lowest BCUT2D eigenvalue weighted by atomic mass is 9.69. The van der Waals surface area contributed by atoms with Gasteiger partial charge in [-0.15, -0.1) is 0 Å². The second-order valence-corrected chi connectivity index (χ2v) is 6.87. The van der Waals surface area contributed by atoms with Crippen LogP contribution in [0.25, 0.3) is 0 Å². The highest BCUT2D eigenvalue weighted by atomic mass is 32.2. The van der Waals surface area contributed by atoms with E-state index in [1.165, 1.54) is 0 Å². The molecule has 0 saturated heterocycles. The van der Waals surface area contributed by atoms with E-state index in [1.807, 2.05) is 20.8 Å². The Morgan fingerprint density at radius 3 is 2.33 bits per heavy atom. The smallest absolute Gasteiger partial charge is 0.153 e. The first kappa shape index (κ1) is 11.1. The van der Waals surface area contributed by atoms with E-state index < -0.39 is 15.4 Å². The van der Waals surface area contributed by atoms with Crippen LogP contribution in [-0.4, -0.2) is 24.0 Å². The van der Waals surface area contributed by atoms with Crippen LogP contribution in [0, 0.1) is 23.2 Å². The molecule has 86 valence electrons. The topological polar surface area (TPSA) is 74.3 Å². The predicted octanol–water partition coefficient (Wildman–Crippen LogP) is 0.781. The van der Waals surface area contributed by atoms with Crippen LogP contribution in [0.4, 0.5) is 0 Å². The molecular weight excluding hydrogens is 216 g/mol. The summed E-state index contributed by atoms with van der Waals surface area (Å²) in [4.78, 5) is 11.7. The molecule has 0 unspecified atom stereocenters. The lowest BCUT2D eigenvalue weighted by Crippen LogP contribution is -2.46. The fraction of sp³-hybridized carbons (Fsp3) is 0.900. The Balaban J connectivity index is 2.46.